The molecule has 0 fully saturated rings. The maximum Gasteiger partial charge on any atom is 0.261 e. The Labute approximate surface area is 175 Å². The van der Waals surface area contributed by atoms with E-state index in [0.29, 0.717) is 21.9 Å². The third kappa shape index (κ3) is 3.83. The van der Waals surface area contributed by atoms with Crippen molar-refractivity contribution in [3.63, 3.8) is 0 Å². The molecular formula is C21H16N4O4S. The molecule has 2 aromatic carbocycles. The van der Waals surface area contributed by atoms with Gasteiger partial charge in [-0.05, 0) is 24.3 Å². The van der Waals surface area contributed by atoms with Crippen molar-refractivity contribution in [3.05, 3.63) is 76.8 Å². The lowest BCUT2D eigenvalue weighted by molar-refractivity contribution is -0.116. The van der Waals surface area contributed by atoms with E-state index in [-0.39, 0.29) is 18.5 Å². The fourth-order valence-corrected chi connectivity index (χ4v) is 3.63. The van der Waals surface area contributed by atoms with Crippen LogP contribution in [0, 0.1) is 0 Å². The number of amides is 4. The maximum absolute atomic E-state index is 12.5. The van der Waals surface area contributed by atoms with E-state index in [0.717, 1.165) is 4.90 Å². The van der Waals surface area contributed by atoms with Gasteiger partial charge in [-0.3, -0.25) is 29.4 Å². The number of nitrogens with one attached hydrogen (secondary N) is 2. The number of imide groups is 1. The van der Waals surface area contributed by atoms with Crippen LogP contribution in [0.4, 0.5) is 10.8 Å². The summed E-state index contributed by atoms with van der Waals surface area (Å²) in [5, 5.41) is 7.54. The van der Waals surface area contributed by atoms with Crippen LogP contribution >= 0.6 is 11.3 Å². The predicted octanol–water partition coefficient (Wildman–Crippen LogP) is 3.02. The molecule has 8 nitrogen and oxygen atoms in total. The molecule has 1 aliphatic rings. The molecule has 1 aromatic heterocycles. The van der Waals surface area contributed by atoms with Gasteiger partial charge in [0.05, 0.1) is 22.4 Å². The van der Waals surface area contributed by atoms with E-state index >= 15 is 0 Å². The number of benzene rings is 2. The number of thiazole rings is 1. The summed E-state index contributed by atoms with van der Waals surface area (Å²) >= 11 is 1.28. The fraction of sp³-hybridized carbons (Fsp3) is 0.0952. The number of anilines is 2. The Hall–Kier alpha value is -3.85. The van der Waals surface area contributed by atoms with E-state index in [9.17, 15) is 19.2 Å². The topological polar surface area (TPSA) is 108 Å². The minimum absolute atomic E-state index is 0.0499. The highest BCUT2D eigenvalue weighted by Gasteiger charge is 2.35. The zero-order chi connectivity index (χ0) is 21.1. The average Bonchev–Trinajstić information content (AvgIpc) is 3.34. The smallest absolute Gasteiger partial charge is 0.261 e. The van der Waals surface area contributed by atoms with Gasteiger partial charge in [0.1, 0.15) is 0 Å². The molecule has 4 rings (SSSR count). The maximum atomic E-state index is 12.5. The number of rotatable bonds is 6. The van der Waals surface area contributed by atoms with Crippen LogP contribution in [-0.4, -0.2) is 40.1 Å². The van der Waals surface area contributed by atoms with Crippen molar-refractivity contribution in [2.45, 2.75) is 6.42 Å². The largest absolute Gasteiger partial charge is 0.325 e. The van der Waals surface area contributed by atoms with Gasteiger partial charge in [0, 0.05) is 24.5 Å². The van der Waals surface area contributed by atoms with Crippen LogP contribution in [0.1, 0.15) is 37.5 Å². The Kier molecular flexibility index (Phi) is 5.36. The first-order valence-corrected chi connectivity index (χ1v) is 9.97. The number of hydrogen-bond donors (Lipinski definition) is 2. The first kappa shape index (κ1) is 19.5. The van der Waals surface area contributed by atoms with Crippen molar-refractivity contribution >= 4 is 45.8 Å². The van der Waals surface area contributed by atoms with Gasteiger partial charge in [0.2, 0.25) is 5.91 Å². The average molecular weight is 420 g/mol. The third-order valence-electron chi connectivity index (χ3n) is 4.54. The van der Waals surface area contributed by atoms with E-state index in [2.05, 4.69) is 15.6 Å². The summed E-state index contributed by atoms with van der Waals surface area (Å²) in [7, 11) is 0. The third-order valence-corrected chi connectivity index (χ3v) is 5.23. The molecule has 0 saturated carbocycles. The van der Waals surface area contributed by atoms with Crippen molar-refractivity contribution in [1.82, 2.24) is 9.88 Å². The van der Waals surface area contributed by atoms with E-state index in [1.54, 1.807) is 60.1 Å². The van der Waals surface area contributed by atoms with Crippen molar-refractivity contribution < 1.29 is 19.2 Å². The van der Waals surface area contributed by atoms with Crippen LogP contribution in [-0.2, 0) is 4.79 Å². The van der Waals surface area contributed by atoms with Gasteiger partial charge in [0.15, 0.2) is 5.13 Å². The quantitative estimate of drug-likeness (QED) is 0.596. The number of aromatic nitrogens is 1. The Morgan fingerprint density at radius 2 is 1.60 bits per heavy atom. The molecule has 2 heterocycles. The normalized spacial score (nSPS) is 12.6. The second-order valence-electron chi connectivity index (χ2n) is 6.44. The van der Waals surface area contributed by atoms with Gasteiger partial charge < -0.3 is 5.32 Å². The molecule has 0 bridgehead atoms. The number of nitrogens with zero attached hydrogens (tertiary/aromatic N) is 2. The molecule has 1 aliphatic heterocycles. The molecule has 3 aromatic rings. The number of para-hydroxylation sites is 1. The molecule has 0 atom stereocenters. The minimum Gasteiger partial charge on any atom is -0.325 e. The van der Waals surface area contributed by atoms with E-state index < -0.39 is 23.6 Å². The van der Waals surface area contributed by atoms with Crippen molar-refractivity contribution in [2.75, 3.05) is 17.2 Å². The summed E-state index contributed by atoms with van der Waals surface area (Å²) < 4.78 is 0. The summed E-state index contributed by atoms with van der Waals surface area (Å²) in [6, 6.07) is 13.1. The first-order valence-electron chi connectivity index (χ1n) is 9.09. The van der Waals surface area contributed by atoms with Crippen LogP contribution in [0.5, 0.6) is 0 Å². The lowest BCUT2D eigenvalue weighted by Crippen LogP contribution is -2.33. The lowest BCUT2D eigenvalue weighted by atomic mass is 10.1. The lowest BCUT2D eigenvalue weighted by Gasteiger charge is -2.14. The van der Waals surface area contributed by atoms with Gasteiger partial charge in [-0.2, -0.15) is 0 Å². The molecule has 30 heavy (non-hydrogen) atoms. The molecule has 0 radical (unpaired) electrons. The Bertz CT molecular complexity index is 1110. The van der Waals surface area contributed by atoms with Gasteiger partial charge in [0.25, 0.3) is 17.7 Å². The van der Waals surface area contributed by atoms with Crippen LogP contribution < -0.4 is 10.6 Å². The number of carbonyl (C=O) groups is 4. The van der Waals surface area contributed by atoms with Gasteiger partial charge in [-0.25, -0.2) is 4.98 Å². The molecule has 2 N–H and O–H groups in total. The van der Waals surface area contributed by atoms with Crippen molar-refractivity contribution in [2.24, 2.45) is 0 Å². The highest BCUT2D eigenvalue weighted by molar-refractivity contribution is 7.13. The second kappa shape index (κ2) is 8.26. The second-order valence-corrected chi connectivity index (χ2v) is 7.34. The summed E-state index contributed by atoms with van der Waals surface area (Å²) in [5.74, 6) is -1.64. The highest BCUT2D eigenvalue weighted by atomic mass is 32.1. The molecule has 0 aliphatic carbocycles. The highest BCUT2D eigenvalue weighted by Crippen LogP contribution is 2.23. The first-order chi connectivity index (χ1) is 14.5. The molecule has 150 valence electrons. The summed E-state index contributed by atoms with van der Waals surface area (Å²) in [6.45, 7) is -0.0499. The molecule has 0 saturated heterocycles. The molecule has 0 spiro atoms. The zero-order valence-corrected chi connectivity index (χ0v) is 16.4. The van der Waals surface area contributed by atoms with Crippen LogP contribution in [0.2, 0.25) is 0 Å². The molecule has 9 heteroatoms. The summed E-state index contributed by atoms with van der Waals surface area (Å²) in [6.07, 6.45) is 1.49. The number of fused-ring (bicyclic) bond motifs is 1. The SMILES string of the molecule is O=C(CCN1C(=O)c2ccccc2C1=O)Nc1ccccc1C(=O)Nc1nccs1. The van der Waals surface area contributed by atoms with E-state index in [1.807, 2.05) is 0 Å². The van der Waals surface area contributed by atoms with E-state index in [4.69, 9.17) is 0 Å². The summed E-state index contributed by atoms with van der Waals surface area (Å²) in [5.41, 5.74) is 1.29. The van der Waals surface area contributed by atoms with Gasteiger partial charge in [-0.1, -0.05) is 24.3 Å². The van der Waals surface area contributed by atoms with Gasteiger partial charge in [-0.15, -0.1) is 11.3 Å². The van der Waals surface area contributed by atoms with E-state index in [1.165, 1.54) is 11.3 Å². The minimum atomic E-state index is -0.416. The Balaban J connectivity index is 1.40. The predicted molar refractivity (Wildman–Crippen MR) is 112 cm³/mol. The van der Waals surface area contributed by atoms with Crippen LogP contribution in [0.15, 0.2) is 60.1 Å². The van der Waals surface area contributed by atoms with Gasteiger partial charge >= 0.3 is 0 Å². The Morgan fingerprint density at radius 1 is 0.933 bits per heavy atom. The zero-order valence-electron chi connectivity index (χ0n) is 15.6. The molecular weight excluding hydrogens is 404 g/mol. The Morgan fingerprint density at radius 3 is 2.27 bits per heavy atom. The van der Waals surface area contributed by atoms with Crippen LogP contribution in [0.3, 0.4) is 0 Å². The van der Waals surface area contributed by atoms with Crippen LogP contribution in [0.25, 0.3) is 0 Å². The molecule has 0 unspecified atom stereocenters. The molecule has 4 amide bonds. The summed E-state index contributed by atoms with van der Waals surface area (Å²) in [4.78, 5) is 54.8. The van der Waals surface area contributed by atoms with Crippen molar-refractivity contribution in [1.29, 1.82) is 0 Å². The van der Waals surface area contributed by atoms with Crippen molar-refractivity contribution in [3.8, 4) is 0 Å². The monoisotopic (exact) mass is 420 g/mol. The standard InChI is InChI=1S/C21H16N4O4S/c26-17(9-11-25-19(28)13-5-1-2-6-14(13)20(25)29)23-16-8-4-3-7-15(16)18(27)24-21-22-10-12-30-21/h1-8,10,12H,9,11H2,(H,23,26)(H,22,24,27). The number of carbonyl (C=O) groups excluding carboxylic acids is 4. The fourth-order valence-electron chi connectivity index (χ4n) is 3.11. The number of hydrogen-bond acceptors (Lipinski definition) is 6.